The summed E-state index contributed by atoms with van der Waals surface area (Å²) in [5.41, 5.74) is 6.29. The average molecular weight is 453 g/mol. The number of pyridine rings is 1. The van der Waals surface area contributed by atoms with Crippen molar-refractivity contribution < 1.29 is 19.4 Å². The first-order chi connectivity index (χ1) is 16.6. The number of nitrogens with zero attached hydrogens (tertiary/aromatic N) is 1. The number of aliphatic carboxylic acids is 1. The Labute approximate surface area is 197 Å². The molecule has 0 bridgehead atoms. The monoisotopic (exact) mass is 452 g/mol. The molecule has 34 heavy (non-hydrogen) atoms. The number of para-hydroxylation sites is 1. The number of carboxylic acids is 1. The molecule has 6 nitrogen and oxygen atoms in total. The van der Waals surface area contributed by atoms with Gasteiger partial charge >= 0.3 is 12.1 Å². The van der Waals surface area contributed by atoms with E-state index in [9.17, 15) is 14.7 Å². The molecule has 0 aliphatic heterocycles. The zero-order valence-electron chi connectivity index (χ0n) is 18.5. The summed E-state index contributed by atoms with van der Waals surface area (Å²) in [6, 6.07) is 24.8. The molecule has 0 spiro atoms. The number of amides is 1. The third-order valence-electron chi connectivity index (χ3n) is 6.30. The fourth-order valence-corrected chi connectivity index (χ4v) is 4.60. The Balaban J connectivity index is 1.22. The summed E-state index contributed by atoms with van der Waals surface area (Å²) in [5.74, 6) is -1.17. The molecule has 1 aliphatic carbocycles. The van der Waals surface area contributed by atoms with Crippen LogP contribution >= 0.6 is 0 Å². The van der Waals surface area contributed by atoms with Crippen LogP contribution in [0.4, 0.5) is 4.79 Å². The second-order valence-electron chi connectivity index (χ2n) is 8.44. The van der Waals surface area contributed by atoms with Crippen LogP contribution in [0.25, 0.3) is 22.0 Å². The summed E-state index contributed by atoms with van der Waals surface area (Å²) >= 11 is 0. The first kappa shape index (κ1) is 21.6. The molecule has 5 rings (SSSR count). The van der Waals surface area contributed by atoms with Gasteiger partial charge in [-0.05, 0) is 52.8 Å². The Morgan fingerprint density at radius 1 is 0.941 bits per heavy atom. The van der Waals surface area contributed by atoms with Crippen LogP contribution in [0.15, 0.2) is 85.1 Å². The Morgan fingerprint density at radius 3 is 2.29 bits per heavy atom. The molecule has 1 amide bonds. The summed E-state index contributed by atoms with van der Waals surface area (Å²) < 4.78 is 5.50. The third-order valence-corrected chi connectivity index (χ3v) is 6.30. The Morgan fingerprint density at radius 2 is 1.59 bits per heavy atom. The molecular weight excluding hydrogens is 428 g/mol. The molecule has 1 aromatic heterocycles. The standard InChI is InChI=1S/C28H24N2O4/c31-27(32)26(14-13-18-15-19-7-1-6-12-25(19)29-16-18)30-28(33)34-17-24-22-10-4-2-8-20(22)21-9-3-5-11-23(21)24/h1-12,15-16,24,26H,13-14,17H2,(H,30,33)(H,31,32). The lowest BCUT2D eigenvalue weighted by Gasteiger charge is -2.17. The van der Waals surface area contributed by atoms with Crippen LogP contribution in [-0.2, 0) is 16.0 Å². The summed E-state index contributed by atoms with van der Waals surface area (Å²) in [6.07, 6.45) is 1.72. The number of aromatic nitrogens is 1. The number of ether oxygens (including phenoxy) is 1. The number of nitrogens with one attached hydrogen (secondary N) is 1. The minimum absolute atomic E-state index is 0.0786. The number of carbonyl (C=O) groups is 2. The molecule has 1 unspecified atom stereocenters. The molecule has 1 atom stereocenters. The first-order valence-corrected chi connectivity index (χ1v) is 11.3. The Hall–Kier alpha value is -4.19. The van der Waals surface area contributed by atoms with Crippen LogP contribution in [0.1, 0.15) is 29.0 Å². The van der Waals surface area contributed by atoms with Crippen LogP contribution in [0, 0.1) is 0 Å². The smallest absolute Gasteiger partial charge is 0.407 e. The average Bonchev–Trinajstić information content (AvgIpc) is 3.18. The van der Waals surface area contributed by atoms with Crippen molar-refractivity contribution in [2.45, 2.75) is 24.8 Å². The van der Waals surface area contributed by atoms with Gasteiger partial charge in [-0.2, -0.15) is 0 Å². The number of hydrogen-bond acceptors (Lipinski definition) is 4. The second-order valence-corrected chi connectivity index (χ2v) is 8.44. The van der Waals surface area contributed by atoms with Crippen molar-refractivity contribution in [1.82, 2.24) is 10.3 Å². The molecule has 0 fully saturated rings. The van der Waals surface area contributed by atoms with Gasteiger partial charge in [0.2, 0.25) is 0 Å². The number of benzene rings is 3. The zero-order chi connectivity index (χ0) is 23.5. The highest BCUT2D eigenvalue weighted by Crippen LogP contribution is 2.44. The number of carbonyl (C=O) groups excluding carboxylic acids is 1. The summed E-state index contributed by atoms with van der Waals surface area (Å²) in [6.45, 7) is 0.140. The SMILES string of the molecule is O=C(NC(CCc1cnc2ccccc2c1)C(=O)O)OCC1c2ccccc2-c2ccccc21. The van der Waals surface area contributed by atoms with Gasteiger partial charge in [0.15, 0.2) is 0 Å². The molecular formula is C28H24N2O4. The van der Waals surface area contributed by atoms with E-state index < -0.39 is 18.1 Å². The lowest BCUT2D eigenvalue weighted by atomic mass is 9.98. The van der Waals surface area contributed by atoms with Crippen molar-refractivity contribution in [3.8, 4) is 11.1 Å². The van der Waals surface area contributed by atoms with Gasteiger partial charge in [0, 0.05) is 17.5 Å². The maximum atomic E-state index is 12.5. The topological polar surface area (TPSA) is 88.5 Å². The van der Waals surface area contributed by atoms with Crippen molar-refractivity contribution in [2.75, 3.05) is 6.61 Å². The maximum Gasteiger partial charge on any atom is 0.407 e. The molecule has 6 heteroatoms. The van der Waals surface area contributed by atoms with Gasteiger partial charge in [-0.1, -0.05) is 66.7 Å². The second kappa shape index (κ2) is 9.35. The quantitative estimate of drug-likeness (QED) is 0.404. The van der Waals surface area contributed by atoms with Crippen molar-refractivity contribution in [2.24, 2.45) is 0 Å². The van der Waals surface area contributed by atoms with Gasteiger partial charge in [-0.15, -0.1) is 0 Å². The maximum absolute atomic E-state index is 12.5. The first-order valence-electron chi connectivity index (χ1n) is 11.3. The van der Waals surface area contributed by atoms with Crippen molar-refractivity contribution in [1.29, 1.82) is 0 Å². The Bertz CT molecular complexity index is 1320. The van der Waals surface area contributed by atoms with Gasteiger partial charge < -0.3 is 15.2 Å². The van der Waals surface area contributed by atoms with Crippen LogP contribution in [-0.4, -0.2) is 34.8 Å². The van der Waals surface area contributed by atoms with Crippen molar-refractivity contribution in [3.63, 3.8) is 0 Å². The van der Waals surface area contributed by atoms with Crippen LogP contribution < -0.4 is 5.32 Å². The van der Waals surface area contributed by atoms with E-state index in [2.05, 4.69) is 22.4 Å². The fraction of sp³-hybridized carbons (Fsp3) is 0.179. The van der Waals surface area contributed by atoms with Gasteiger partial charge in [-0.3, -0.25) is 4.98 Å². The number of hydrogen-bond donors (Lipinski definition) is 2. The highest BCUT2D eigenvalue weighted by atomic mass is 16.5. The minimum Gasteiger partial charge on any atom is -0.480 e. The van der Waals surface area contributed by atoms with E-state index in [0.717, 1.165) is 38.7 Å². The van der Waals surface area contributed by atoms with Crippen LogP contribution in [0.5, 0.6) is 0 Å². The van der Waals surface area contributed by atoms with Crippen LogP contribution in [0.3, 0.4) is 0 Å². The molecule has 1 heterocycles. The largest absolute Gasteiger partial charge is 0.480 e. The van der Waals surface area contributed by atoms with Gasteiger partial charge in [0.05, 0.1) is 5.52 Å². The fourth-order valence-electron chi connectivity index (χ4n) is 4.60. The molecule has 1 aliphatic rings. The van der Waals surface area contributed by atoms with Crippen molar-refractivity contribution in [3.05, 3.63) is 102 Å². The van der Waals surface area contributed by atoms with E-state index in [1.165, 1.54) is 0 Å². The molecule has 0 radical (unpaired) electrons. The highest BCUT2D eigenvalue weighted by Gasteiger charge is 2.29. The number of rotatable bonds is 7. The third kappa shape index (κ3) is 4.35. The normalized spacial score (nSPS) is 13.2. The minimum atomic E-state index is -1.10. The Kier molecular flexibility index (Phi) is 5.95. The van der Waals surface area contributed by atoms with Crippen LogP contribution in [0.2, 0.25) is 0 Å². The van der Waals surface area contributed by atoms with E-state index in [-0.39, 0.29) is 18.9 Å². The molecule has 2 N–H and O–H groups in total. The predicted octanol–water partition coefficient (Wildman–Crippen LogP) is 5.16. The molecule has 170 valence electrons. The predicted molar refractivity (Wildman–Crippen MR) is 130 cm³/mol. The summed E-state index contributed by atoms with van der Waals surface area (Å²) in [4.78, 5) is 28.7. The zero-order valence-corrected chi connectivity index (χ0v) is 18.5. The molecule has 0 saturated carbocycles. The van der Waals surface area contributed by atoms with E-state index in [1.807, 2.05) is 66.7 Å². The van der Waals surface area contributed by atoms with Crippen molar-refractivity contribution >= 4 is 23.0 Å². The number of fused-ring (bicyclic) bond motifs is 4. The lowest BCUT2D eigenvalue weighted by molar-refractivity contribution is -0.139. The summed E-state index contributed by atoms with van der Waals surface area (Å²) in [7, 11) is 0. The molecule has 3 aromatic carbocycles. The van der Waals surface area contributed by atoms with Gasteiger partial charge in [0.25, 0.3) is 0 Å². The number of aryl methyl sites for hydroxylation is 1. The highest BCUT2D eigenvalue weighted by molar-refractivity contribution is 5.81. The van der Waals surface area contributed by atoms with Gasteiger partial charge in [0.1, 0.15) is 12.6 Å². The van der Waals surface area contributed by atoms with E-state index in [0.29, 0.717) is 6.42 Å². The number of alkyl carbamates (subject to hydrolysis) is 1. The van der Waals surface area contributed by atoms with Gasteiger partial charge in [-0.25, -0.2) is 9.59 Å². The van der Waals surface area contributed by atoms with E-state index >= 15 is 0 Å². The molecule has 0 saturated heterocycles. The summed E-state index contributed by atoms with van der Waals surface area (Å²) in [5, 5.41) is 13.1. The van der Waals surface area contributed by atoms with E-state index in [4.69, 9.17) is 4.74 Å². The lowest BCUT2D eigenvalue weighted by Crippen LogP contribution is -2.41. The number of carboxylic acid groups (broad SMARTS) is 1. The van der Waals surface area contributed by atoms with E-state index in [1.54, 1.807) is 6.20 Å². The molecule has 4 aromatic rings.